The summed E-state index contributed by atoms with van der Waals surface area (Å²) in [6, 6.07) is 2.44. The Balaban J connectivity index is 5.62. The molecule has 0 fully saturated rings. The van der Waals surface area contributed by atoms with Crippen molar-refractivity contribution >= 4 is 48.5 Å². The van der Waals surface area contributed by atoms with Crippen LogP contribution < -0.4 is 0 Å². The third-order valence-electron chi connectivity index (χ3n) is 6.82. The Labute approximate surface area is 202 Å². The Bertz CT molecular complexity index is 498. The monoisotopic (exact) mass is 566 g/mol. The van der Waals surface area contributed by atoms with Crippen LogP contribution in [0.2, 0.25) is 35.3 Å². The summed E-state index contributed by atoms with van der Waals surface area (Å²) < 4.78 is 7.47. The summed E-state index contributed by atoms with van der Waals surface area (Å²) in [5.74, 6) is 0. The van der Waals surface area contributed by atoms with Gasteiger partial charge in [-0.3, -0.25) is 0 Å². The van der Waals surface area contributed by atoms with Crippen LogP contribution in [0.5, 0.6) is 0 Å². The van der Waals surface area contributed by atoms with Crippen molar-refractivity contribution in [1.82, 2.24) is 0 Å². The molecule has 0 heterocycles. The molecule has 172 valence electrons. The number of alkyl halides is 2. The molecule has 0 amide bonds. The van der Waals surface area contributed by atoms with Gasteiger partial charge in [0.1, 0.15) is 0 Å². The summed E-state index contributed by atoms with van der Waals surface area (Å²) in [7, 11) is -3.83. The molecule has 0 radical (unpaired) electrons. The highest BCUT2D eigenvalue weighted by Crippen LogP contribution is 2.49. The molecule has 5 heteroatoms. The van der Waals surface area contributed by atoms with Crippen molar-refractivity contribution in [2.75, 3.05) is 10.7 Å². The largest absolute Gasteiger partial charge is 0.454 e. The van der Waals surface area contributed by atoms with Crippen LogP contribution in [0.25, 0.3) is 0 Å². The lowest BCUT2D eigenvalue weighted by Gasteiger charge is -2.50. The van der Waals surface area contributed by atoms with Crippen molar-refractivity contribution in [3.63, 3.8) is 0 Å². The Hall–Kier alpha value is 0.834. The van der Waals surface area contributed by atoms with E-state index in [-0.39, 0.29) is 10.1 Å². The second-order valence-electron chi connectivity index (χ2n) is 11.1. The molecule has 0 aliphatic carbocycles. The van der Waals surface area contributed by atoms with Gasteiger partial charge in [-0.05, 0) is 74.8 Å². The van der Waals surface area contributed by atoms with Gasteiger partial charge in [0, 0.05) is 10.7 Å². The number of rotatable bonds is 12. The second-order valence-corrected chi connectivity index (χ2v) is 22.4. The summed E-state index contributed by atoms with van der Waals surface area (Å²) in [6.45, 7) is 24.1. The van der Waals surface area contributed by atoms with Crippen molar-refractivity contribution in [3.8, 4) is 0 Å². The molecule has 29 heavy (non-hydrogen) atoms. The van der Waals surface area contributed by atoms with Crippen molar-refractivity contribution < 1.29 is 4.12 Å². The average Bonchev–Trinajstić information content (AvgIpc) is 2.59. The summed E-state index contributed by atoms with van der Waals surface area (Å²) in [5.41, 5.74) is 3.03. The maximum absolute atomic E-state index is 7.47. The molecule has 1 nitrogen and oxygen atoms in total. The number of hydrogen-bond donors (Lipinski definition) is 0. The highest BCUT2D eigenvalue weighted by atomic mass is 79.9. The van der Waals surface area contributed by atoms with Crippen molar-refractivity contribution in [3.05, 3.63) is 23.3 Å². The van der Waals surface area contributed by atoms with E-state index in [0.29, 0.717) is 0 Å². The van der Waals surface area contributed by atoms with E-state index in [0.717, 1.165) is 23.5 Å². The third kappa shape index (κ3) is 10.3. The molecule has 0 aromatic carbocycles. The van der Waals surface area contributed by atoms with Gasteiger partial charge in [-0.1, -0.05) is 96.7 Å². The molecular weight excluding hydrogens is 520 g/mol. The highest BCUT2D eigenvalue weighted by molar-refractivity contribution is 9.09. The normalized spacial score (nSPS) is 18.5. The molecular formula is C24H48Br2OSi2. The van der Waals surface area contributed by atoms with Crippen LogP contribution in [0.3, 0.4) is 0 Å². The van der Waals surface area contributed by atoms with Gasteiger partial charge in [0.15, 0.2) is 16.6 Å². The van der Waals surface area contributed by atoms with E-state index in [1.807, 2.05) is 0 Å². The molecule has 0 aliphatic rings. The van der Waals surface area contributed by atoms with Crippen LogP contribution in [0.1, 0.15) is 81.1 Å². The SMILES string of the molecule is CC(=CCCBr)CC[Si](C)(O[Si](C)(CCC(C)=CCCBr)C(C)(C)C)C(C)(C)C. The van der Waals surface area contributed by atoms with Crippen LogP contribution in [0.15, 0.2) is 23.3 Å². The summed E-state index contributed by atoms with van der Waals surface area (Å²) in [5, 5.41) is 2.57. The first kappa shape index (κ1) is 29.8. The van der Waals surface area contributed by atoms with E-state index in [4.69, 9.17) is 4.12 Å². The summed E-state index contributed by atoms with van der Waals surface area (Å²) >= 11 is 7.09. The maximum Gasteiger partial charge on any atom is 0.182 e. The van der Waals surface area contributed by atoms with E-state index >= 15 is 0 Å². The molecule has 0 N–H and O–H groups in total. The van der Waals surface area contributed by atoms with Gasteiger partial charge < -0.3 is 4.12 Å². The molecule has 0 aromatic rings. The predicted octanol–water partition coefficient (Wildman–Crippen LogP) is 10.00. The molecule has 0 bridgehead atoms. The zero-order chi connectivity index (χ0) is 22.9. The van der Waals surface area contributed by atoms with Gasteiger partial charge in [-0.15, -0.1) is 0 Å². The Kier molecular flexibility index (Phi) is 13.1. The van der Waals surface area contributed by atoms with Gasteiger partial charge >= 0.3 is 0 Å². The number of allylic oxidation sites excluding steroid dienone is 4. The lowest BCUT2D eigenvalue weighted by atomic mass is 10.2. The molecule has 0 rings (SSSR count). The second kappa shape index (κ2) is 12.8. The Morgan fingerprint density at radius 2 is 1.03 bits per heavy atom. The van der Waals surface area contributed by atoms with Gasteiger partial charge in [-0.25, -0.2) is 0 Å². The fourth-order valence-corrected chi connectivity index (χ4v) is 14.3. The minimum Gasteiger partial charge on any atom is -0.454 e. The van der Waals surface area contributed by atoms with Crippen LogP contribution in [-0.2, 0) is 4.12 Å². The molecule has 2 atom stereocenters. The van der Waals surface area contributed by atoms with Crippen LogP contribution in [-0.4, -0.2) is 27.3 Å². The van der Waals surface area contributed by atoms with Gasteiger partial charge in [0.05, 0.1) is 0 Å². The Morgan fingerprint density at radius 3 is 1.28 bits per heavy atom. The lowest BCUT2D eigenvalue weighted by Crippen LogP contribution is -2.56. The fraction of sp³-hybridized carbons (Fsp3) is 0.833. The van der Waals surface area contributed by atoms with E-state index < -0.39 is 16.6 Å². The average molecular weight is 569 g/mol. The topological polar surface area (TPSA) is 9.23 Å². The zero-order valence-corrected chi connectivity index (χ0v) is 26.1. The highest BCUT2D eigenvalue weighted by Gasteiger charge is 2.51. The van der Waals surface area contributed by atoms with Crippen molar-refractivity contribution in [2.45, 2.75) is 116 Å². The van der Waals surface area contributed by atoms with Crippen molar-refractivity contribution in [2.24, 2.45) is 0 Å². The van der Waals surface area contributed by atoms with Gasteiger partial charge in [-0.2, -0.15) is 0 Å². The number of halogens is 2. The summed E-state index contributed by atoms with van der Waals surface area (Å²) in [6.07, 6.45) is 9.37. The molecule has 0 aromatic heterocycles. The first-order chi connectivity index (χ1) is 13.1. The van der Waals surface area contributed by atoms with Gasteiger partial charge in [0.2, 0.25) is 0 Å². The first-order valence-electron chi connectivity index (χ1n) is 11.3. The molecule has 0 aliphatic heterocycles. The summed E-state index contributed by atoms with van der Waals surface area (Å²) in [4.78, 5) is 0. The fourth-order valence-electron chi connectivity index (χ4n) is 3.33. The third-order valence-corrected chi connectivity index (χ3v) is 20.1. The van der Waals surface area contributed by atoms with E-state index in [1.54, 1.807) is 0 Å². The first-order valence-corrected chi connectivity index (χ1v) is 18.7. The molecule has 0 saturated carbocycles. The lowest BCUT2D eigenvalue weighted by molar-refractivity contribution is 0.431. The number of hydrogen-bond acceptors (Lipinski definition) is 1. The molecule has 0 saturated heterocycles. The Morgan fingerprint density at radius 1 is 0.724 bits per heavy atom. The zero-order valence-electron chi connectivity index (χ0n) is 21.0. The minimum atomic E-state index is -1.91. The van der Waals surface area contributed by atoms with Crippen LogP contribution in [0, 0.1) is 0 Å². The van der Waals surface area contributed by atoms with E-state index in [1.165, 1.54) is 36.1 Å². The van der Waals surface area contributed by atoms with E-state index in [9.17, 15) is 0 Å². The smallest absolute Gasteiger partial charge is 0.182 e. The minimum absolute atomic E-state index is 0.239. The predicted molar refractivity (Wildman–Crippen MR) is 147 cm³/mol. The quantitative estimate of drug-likeness (QED) is 0.129. The van der Waals surface area contributed by atoms with Crippen LogP contribution in [0.4, 0.5) is 0 Å². The molecule has 0 spiro atoms. The van der Waals surface area contributed by atoms with Crippen molar-refractivity contribution in [1.29, 1.82) is 0 Å². The molecule has 2 unspecified atom stereocenters. The maximum atomic E-state index is 7.47. The van der Waals surface area contributed by atoms with Crippen LogP contribution >= 0.6 is 31.9 Å². The standard InChI is InChI=1S/C24H48Br2OSi2/c1-21(13-11-17-25)15-19-28(9,23(3,4)5)27-29(10,24(6,7)8)20-16-22(2)14-12-18-26/h13-14H,11-12,15-20H2,1-10H3. The van der Waals surface area contributed by atoms with Gasteiger partial charge in [0.25, 0.3) is 0 Å². The van der Waals surface area contributed by atoms with E-state index in [2.05, 4.69) is 112 Å².